The number of benzene rings is 2. The summed E-state index contributed by atoms with van der Waals surface area (Å²) in [4.78, 5) is 0. The summed E-state index contributed by atoms with van der Waals surface area (Å²) in [6.07, 6.45) is 0. The highest BCUT2D eigenvalue weighted by Gasteiger charge is 2.17. The third kappa shape index (κ3) is 2.58. The first kappa shape index (κ1) is 12.3. The van der Waals surface area contributed by atoms with Crippen LogP contribution in [0.15, 0.2) is 48.5 Å². The van der Waals surface area contributed by atoms with E-state index < -0.39 is 0 Å². The van der Waals surface area contributed by atoms with Gasteiger partial charge in [-0.3, -0.25) is 0 Å². The molecule has 0 aliphatic carbocycles. The highest BCUT2D eigenvalue weighted by Crippen LogP contribution is 2.27. The first-order valence-electron chi connectivity index (χ1n) is 5.94. The van der Waals surface area contributed by atoms with Crippen molar-refractivity contribution < 1.29 is 0 Å². The van der Waals surface area contributed by atoms with Crippen molar-refractivity contribution in [1.82, 2.24) is 0 Å². The third-order valence-corrected chi connectivity index (χ3v) is 3.62. The Labute approximate surface area is 106 Å². The monoisotopic (exact) mass is 242 g/mol. The van der Waals surface area contributed by atoms with Crippen molar-refractivity contribution in [2.75, 3.05) is 0 Å². The molecule has 0 spiro atoms. The molecule has 0 radical (unpaired) electrons. The van der Waals surface area contributed by atoms with E-state index in [2.05, 4.69) is 78.5 Å². The van der Waals surface area contributed by atoms with Crippen molar-refractivity contribution >= 4 is 14.5 Å². The van der Waals surface area contributed by atoms with Gasteiger partial charge in [-0.2, -0.15) is 0 Å². The van der Waals surface area contributed by atoms with E-state index in [0.29, 0.717) is 0 Å². The van der Waals surface area contributed by atoms with Gasteiger partial charge in [0.1, 0.15) is 0 Å². The molecule has 2 aromatic carbocycles. The van der Waals surface area contributed by atoms with Crippen molar-refractivity contribution in [3.8, 4) is 11.1 Å². The molecular formula is C16H19P. The zero-order valence-corrected chi connectivity index (χ0v) is 11.9. The van der Waals surface area contributed by atoms with Gasteiger partial charge < -0.3 is 0 Å². The summed E-state index contributed by atoms with van der Waals surface area (Å²) in [6.45, 7) is 6.76. The van der Waals surface area contributed by atoms with Crippen LogP contribution in [0.5, 0.6) is 0 Å². The molecule has 2 rings (SSSR count). The van der Waals surface area contributed by atoms with Gasteiger partial charge in [0.2, 0.25) is 0 Å². The minimum Gasteiger partial charge on any atom is -0.105 e. The van der Waals surface area contributed by atoms with Gasteiger partial charge in [0.25, 0.3) is 0 Å². The van der Waals surface area contributed by atoms with Crippen molar-refractivity contribution in [3.63, 3.8) is 0 Å². The first-order valence-corrected chi connectivity index (χ1v) is 6.52. The molecule has 0 N–H and O–H groups in total. The Balaban J connectivity index is 2.58. The molecule has 0 fully saturated rings. The maximum atomic E-state index is 2.90. The topological polar surface area (TPSA) is 0 Å². The van der Waals surface area contributed by atoms with Crippen molar-refractivity contribution in [2.45, 2.75) is 26.2 Å². The molecule has 0 saturated carbocycles. The van der Waals surface area contributed by atoms with E-state index in [-0.39, 0.29) is 5.41 Å². The molecule has 0 heterocycles. The van der Waals surface area contributed by atoms with Gasteiger partial charge in [-0.25, -0.2) is 0 Å². The van der Waals surface area contributed by atoms with Crippen LogP contribution in [-0.2, 0) is 5.41 Å². The number of rotatable bonds is 1. The van der Waals surface area contributed by atoms with Gasteiger partial charge in [0.15, 0.2) is 0 Å². The molecule has 1 atom stereocenters. The summed E-state index contributed by atoms with van der Waals surface area (Å²) in [7, 11) is 2.90. The summed E-state index contributed by atoms with van der Waals surface area (Å²) in [6, 6.07) is 17.1. The minimum absolute atomic E-state index is 0.182. The Kier molecular flexibility index (Phi) is 3.35. The molecule has 0 aromatic heterocycles. The highest BCUT2D eigenvalue weighted by molar-refractivity contribution is 7.28. The van der Waals surface area contributed by atoms with E-state index in [1.807, 2.05) is 0 Å². The lowest BCUT2D eigenvalue weighted by molar-refractivity contribution is 0.594. The summed E-state index contributed by atoms with van der Waals surface area (Å²) in [5.74, 6) is 0. The predicted octanol–water partition coefficient (Wildman–Crippen LogP) is 4.15. The molecule has 0 amide bonds. The second-order valence-corrected chi connectivity index (χ2v) is 5.96. The van der Waals surface area contributed by atoms with Gasteiger partial charge in [-0.05, 0) is 27.4 Å². The van der Waals surface area contributed by atoms with Crippen molar-refractivity contribution in [3.05, 3.63) is 54.1 Å². The van der Waals surface area contributed by atoms with Crippen LogP contribution in [0.1, 0.15) is 26.3 Å². The predicted molar refractivity (Wildman–Crippen MR) is 79.9 cm³/mol. The molecule has 0 nitrogen and oxygen atoms in total. The zero-order chi connectivity index (χ0) is 12.5. The van der Waals surface area contributed by atoms with E-state index in [4.69, 9.17) is 0 Å². The summed E-state index contributed by atoms with van der Waals surface area (Å²) < 4.78 is 0. The SMILES string of the molecule is CC(C)(C)c1cccc(-c2ccccc2)c1P. The molecule has 1 heteroatoms. The standard InChI is InChI=1S/C16H19P/c1-16(2,3)14-11-7-10-13(15(14)17)12-8-5-4-6-9-12/h4-11H,17H2,1-3H3. The highest BCUT2D eigenvalue weighted by atomic mass is 31.0. The number of hydrogen-bond donors (Lipinski definition) is 0. The van der Waals surface area contributed by atoms with Crippen LogP contribution in [0.2, 0.25) is 0 Å². The lowest BCUT2D eigenvalue weighted by atomic mass is 9.85. The van der Waals surface area contributed by atoms with Crippen molar-refractivity contribution in [1.29, 1.82) is 0 Å². The van der Waals surface area contributed by atoms with Gasteiger partial charge in [0.05, 0.1) is 0 Å². The molecule has 17 heavy (non-hydrogen) atoms. The summed E-state index contributed by atoms with van der Waals surface area (Å²) >= 11 is 0. The summed E-state index contributed by atoms with van der Waals surface area (Å²) in [5, 5.41) is 1.31. The van der Waals surface area contributed by atoms with Crippen LogP contribution in [0.25, 0.3) is 11.1 Å². The third-order valence-electron chi connectivity index (χ3n) is 3.00. The van der Waals surface area contributed by atoms with Crippen LogP contribution < -0.4 is 5.30 Å². The maximum Gasteiger partial charge on any atom is -0.0109 e. The minimum atomic E-state index is 0.182. The Hall–Kier alpha value is -1.13. The molecule has 1 unspecified atom stereocenters. The van der Waals surface area contributed by atoms with Gasteiger partial charge >= 0.3 is 0 Å². The zero-order valence-electron chi connectivity index (χ0n) is 10.7. The molecule has 2 aromatic rings. The Bertz CT molecular complexity index is 507. The fraction of sp³-hybridized carbons (Fsp3) is 0.250. The van der Waals surface area contributed by atoms with E-state index in [1.165, 1.54) is 22.0 Å². The fourth-order valence-electron chi connectivity index (χ4n) is 2.09. The molecule has 0 aliphatic rings. The van der Waals surface area contributed by atoms with Gasteiger partial charge in [0, 0.05) is 0 Å². The average molecular weight is 242 g/mol. The second-order valence-electron chi connectivity index (χ2n) is 5.38. The fourth-order valence-corrected chi connectivity index (χ4v) is 2.88. The summed E-state index contributed by atoms with van der Waals surface area (Å²) in [5.41, 5.74) is 4.16. The molecular weight excluding hydrogens is 223 g/mol. The van der Waals surface area contributed by atoms with E-state index in [1.54, 1.807) is 0 Å². The maximum absolute atomic E-state index is 2.90. The normalized spacial score (nSPS) is 11.5. The van der Waals surface area contributed by atoms with E-state index >= 15 is 0 Å². The largest absolute Gasteiger partial charge is 0.105 e. The number of hydrogen-bond acceptors (Lipinski definition) is 0. The Morgan fingerprint density at radius 3 is 2.06 bits per heavy atom. The van der Waals surface area contributed by atoms with Crippen molar-refractivity contribution in [2.24, 2.45) is 0 Å². The quantitative estimate of drug-likeness (QED) is 0.659. The van der Waals surface area contributed by atoms with E-state index in [9.17, 15) is 0 Å². The van der Waals surface area contributed by atoms with Crippen LogP contribution in [0, 0.1) is 0 Å². The first-order chi connectivity index (χ1) is 8.00. The second kappa shape index (κ2) is 4.63. The van der Waals surface area contributed by atoms with Crippen LogP contribution in [-0.4, -0.2) is 0 Å². The van der Waals surface area contributed by atoms with Gasteiger partial charge in [-0.15, -0.1) is 9.24 Å². The van der Waals surface area contributed by atoms with Gasteiger partial charge in [-0.1, -0.05) is 69.3 Å². The Morgan fingerprint density at radius 1 is 0.824 bits per heavy atom. The van der Waals surface area contributed by atoms with Crippen LogP contribution in [0.3, 0.4) is 0 Å². The molecule has 0 saturated heterocycles. The lowest BCUT2D eigenvalue weighted by Crippen LogP contribution is -2.19. The molecule has 0 aliphatic heterocycles. The van der Waals surface area contributed by atoms with E-state index in [0.717, 1.165) is 0 Å². The molecule has 0 bridgehead atoms. The van der Waals surface area contributed by atoms with Crippen LogP contribution in [0.4, 0.5) is 0 Å². The average Bonchev–Trinajstić information content (AvgIpc) is 2.29. The smallest absolute Gasteiger partial charge is 0.0109 e. The lowest BCUT2D eigenvalue weighted by Gasteiger charge is -2.23. The van der Waals surface area contributed by atoms with Crippen LogP contribution >= 0.6 is 9.24 Å². The molecule has 88 valence electrons. The Morgan fingerprint density at radius 2 is 1.47 bits per heavy atom.